The molecule has 1 heterocycles. The summed E-state index contributed by atoms with van der Waals surface area (Å²) in [6, 6.07) is 7.44. The highest BCUT2D eigenvalue weighted by Crippen LogP contribution is 2.35. The van der Waals surface area contributed by atoms with E-state index in [4.69, 9.17) is 14.2 Å². The SMILES string of the molecule is COC(=O)C1(c2cccc(OC)c2)COC1. The van der Waals surface area contributed by atoms with Crippen molar-refractivity contribution in [2.45, 2.75) is 5.41 Å². The summed E-state index contributed by atoms with van der Waals surface area (Å²) in [5.74, 6) is 0.472. The van der Waals surface area contributed by atoms with E-state index in [9.17, 15) is 4.79 Å². The van der Waals surface area contributed by atoms with E-state index in [0.29, 0.717) is 13.2 Å². The summed E-state index contributed by atoms with van der Waals surface area (Å²) in [6.07, 6.45) is 0. The standard InChI is InChI=1S/C12H14O4/c1-14-10-5-3-4-9(6-10)12(7-16-8-12)11(13)15-2/h3-6H,7-8H2,1-2H3. The average Bonchev–Trinajstić information content (AvgIpc) is 2.27. The van der Waals surface area contributed by atoms with E-state index in [0.717, 1.165) is 11.3 Å². The van der Waals surface area contributed by atoms with Crippen LogP contribution in [0.25, 0.3) is 0 Å². The molecule has 4 heteroatoms. The summed E-state index contributed by atoms with van der Waals surface area (Å²) in [5.41, 5.74) is 0.230. The lowest BCUT2D eigenvalue weighted by Gasteiger charge is -2.38. The second-order valence-corrected chi connectivity index (χ2v) is 3.80. The van der Waals surface area contributed by atoms with Crippen LogP contribution in [0.2, 0.25) is 0 Å². The van der Waals surface area contributed by atoms with Crippen molar-refractivity contribution in [2.24, 2.45) is 0 Å². The van der Waals surface area contributed by atoms with Gasteiger partial charge in [0.25, 0.3) is 0 Å². The molecule has 1 saturated heterocycles. The van der Waals surface area contributed by atoms with E-state index >= 15 is 0 Å². The first-order valence-corrected chi connectivity index (χ1v) is 5.03. The van der Waals surface area contributed by atoms with Crippen molar-refractivity contribution in [3.05, 3.63) is 29.8 Å². The van der Waals surface area contributed by atoms with Crippen LogP contribution in [-0.4, -0.2) is 33.4 Å². The lowest BCUT2D eigenvalue weighted by atomic mass is 9.78. The normalized spacial score (nSPS) is 17.4. The van der Waals surface area contributed by atoms with Crippen LogP contribution in [0.3, 0.4) is 0 Å². The largest absolute Gasteiger partial charge is 0.497 e. The van der Waals surface area contributed by atoms with Gasteiger partial charge in [-0.1, -0.05) is 12.1 Å². The van der Waals surface area contributed by atoms with Gasteiger partial charge in [-0.05, 0) is 17.7 Å². The van der Waals surface area contributed by atoms with Gasteiger partial charge in [0.05, 0.1) is 27.4 Å². The zero-order chi connectivity index (χ0) is 11.6. The van der Waals surface area contributed by atoms with Gasteiger partial charge in [-0.15, -0.1) is 0 Å². The molecule has 0 radical (unpaired) electrons. The number of rotatable bonds is 3. The van der Waals surface area contributed by atoms with Crippen LogP contribution >= 0.6 is 0 Å². The number of hydrogen-bond donors (Lipinski definition) is 0. The van der Waals surface area contributed by atoms with Crippen LogP contribution < -0.4 is 4.74 Å². The lowest BCUT2D eigenvalue weighted by Crippen LogP contribution is -2.53. The third-order valence-corrected chi connectivity index (χ3v) is 2.90. The fourth-order valence-corrected chi connectivity index (χ4v) is 1.82. The maximum absolute atomic E-state index is 11.8. The topological polar surface area (TPSA) is 44.8 Å². The van der Waals surface area contributed by atoms with Crippen molar-refractivity contribution in [1.29, 1.82) is 0 Å². The Hall–Kier alpha value is -1.55. The average molecular weight is 222 g/mol. The number of benzene rings is 1. The predicted molar refractivity (Wildman–Crippen MR) is 57.5 cm³/mol. The molecule has 86 valence electrons. The summed E-state index contributed by atoms with van der Waals surface area (Å²) >= 11 is 0. The Morgan fingerprint density at radius 2 is 2.12 bits per heavy atom. The van der Waals surface area contributed by atoms with Crippen molar-refractivity contribution in [2.75, 3.05) is 27.4 Å². The maximum atomic E-state index is 11.8. The molecule has 0 unspecified atom stereocenters. The monoisotopic (exact) mass is 222 g/mol. The molecule has 0 bridgehead atoms. The van der Waals surface area contributed by atoms with Crippen LogP contribution in [0.4, 0.5) is 0 Å². The van der Waals surface area contributed by atoms with E-state index in [2.05, 4.69) is 0 Å². The number of ether oxygens (including phenoxy) is 3. The van der Waals surface area contributed by atoms with Gasteiger partial charge < -0.3 is 14.2 Å². The van der Waals surface area contributed by atoms with Gasteiger partial charge in [0.15, 0.2) is 0 Å². The summed E-state index contributed by atoms with van der Waals surface area (Å²) in [5, 5.41) is 0. The fourth-order valence-electron chi connectivity index (χ4n) is 1.82. The zero-order valence-corrected chi connectivity index (χ0v) is 9.36. The summed E-state index contributed by atoms with van der Waals surface area (Å²) in [4.78, 5) is 11.8. The van der Waals surface area contributed by atoms with Gasteiger partial charge in [-0.25, -0.2) is 0 Å². The van der Waals surface area contributed by atoms with Gasteiger partial charge in [0.2, 0.25) is 0 Å². The van der Waals surface area contributed by atoms with Crippen LogP contribution in [0.15, 0.2) is 24.3 Å². The Kier molecular flexibility index (Phi) is 2.83. The molecular weight excluding hydrogens is 208 g/mol. The highest BCUT2D eigenvalue weighted by Gasteiger charge is 2.48. The molecule has 1 aromatic rings. The Morgan fingerprint density at radius 1 is 1.38 bits per heavy atom. The van der Waals surface area contributed by atoms with Crippen molar-refractivity contribution in [3.8, 4) is 5.75 Å². The predicted octanol–water partition coefficient (Wildman–Crippen LogP) is 1.14. The zero-order valence-electron chi connectivity index (χ0n) is 9.36. The van der Waals surface area contributed by atoms with Crippen LogP contribution in [0.1, 0.15) is 5.56 Å². The number of carbonyl (C=O) groups excluding carboxylic acids is 1. The number of hydrogen-bond acceptors (Lipinski definition) is 4. The molecule has 4 nitrogen and oxygen atoms in total. The van der Waals surface area contributed by atoms with Gasteiger partial charge in [0, 0.05) is 0 Å². The van der Waals surface area contributed by atoms with E-state index in [1.54, 1.807) is 7.11 Å². The third kappa shape index (κ3) is 1.55. The Morgan fingerprint density at radius 3 is 2.62 bits per heavy atom. The van der Waals surface area contributed by atoms with E-state index in [-0.39, 0.29) is 5.97 Å². The molecule has 1 fully saturated rings. The highest BCUT2D eigenvalue weighted by atomic mass is 16.5. The van der Waals surface area contributed by atoms with Crippen molar-refractivity contribution in [3.63, 3.8) is 0 Å². The molecule has 0 aliphatic carbocycles. The highest BCUT2D eigenvalue weighted by molar-refractivity contribution is 5.84. The summed E-state index contributed by atoms with van der Waals surface area (Å²) in [6.45, 7) is 0.736. The van der Waals surface area contributed by atoms with Crippen molar-refractivity contribution >= 4 is 5.97 Å². The Balaban J connectivity index is 2.36. The Bertz CT molecular complexity index is 396. The van der Waals surface area contributed by atoms with Crippen molar-refractivity contribution in [1.82, 2.24) is 0 Å². The molecule has 0 N–H and O–H groups in total. The molecule has 0 spiro atoms. The van der Waals surface area contributed by atoms with Crippen LogP contribution in [-0.2, 0) is 19.7 Å². The first-order chi connectivity index (χ1) is 7.73. The number of carbonyl (C=O) groups is 1. The lowest BCUT2D eigenvalue weighted by molar-refractivity contribution is -0.166. The second kappa shape index (κ2) is 4.14. The molecule has 1 aliphatic rings. The van der Waals surface area contributed by atoms with Gasteiger partial charge in [-0.2, -0.15) is 0 Å². The molecule has 0 saturated carbocycles. The Labute approximate surface area is 94.1 Å². The first kappa shape index (κ1) is 11.0. The maximum Gasteiger partial charge on any atom is 0.321 e. The fraction of sp³-hybridized carbons (Fsp3) is 0.417. The molecule has 0 atom stereocenters. The smallest absolute Gasteiger partial charge is 0.321 e. The number of methoxy groups -OCH3 is 2. The van der Waals surface area contributed by atoms with E-state index < -0.39 is 5.41 Å². The number of esters is 1. The molecule has 1 aliphatic heterocycles. The van der Waals surface area contributed by atoms with Crippen LogP contribution in [0, 0.1) is 0 Å². The summed E-state index contributed by atoms with van der Waals surface area (Å²) < 4.78 is 15.1. The third-order valence-electron chi connectivity index (χ3n) is 2.90. The van der Waals surface area contributed by atoms with E-state index in [1.807, 2.05) is 24.3 Å². The van der Waals surface area contributed by atoms with Gasteiger partial charge >= 0.3 is 5.97 Å². The molecule has 2 rings (SSSR count). The van der Waals surface area contributed by atoms with Crippen LogP contribution in [0.5, 0.6) is 5.75 Å². The van der Waals surface area contributed by atoms with Gasteiger partial charge in [0.1, 0.15) is 11.2 Å². The molecule has 0 amide bonds. The molecule has 0 aromatic heterocycles. The second-order valence-electron chi connectivity index (χ2n) is 3.80. The van der Waals surface area contributed by atoms with E-state index in [1.165, 1.54) is 7.11 Å². The minimum absolute atomic E-state index is 0.257. The minimum atomic E-state index is -0.650. The molecule has 1 aromatic carbocycles. The summed E-state index contributed by atoms with van der Waals surface area (Å²) in [7, 11) is 2.99. The van der Waals surface area contributed by atoms with Crippen molar-refractivity contribution < 1.29 is 19.0 Å². The van der Waals surface area contributed by atoms with Gasteiger partial charge in [-0.3, -0.25) is 4.79 Å². The quantitative estimate of drug-likeness (QED) is 0.719. The molecular formula is C12H14O4. The first-order valence-electron chi connectivity index (χ1n) is 5.03. The molecule has 16 heavy (non-hydrogen) atoms. The minimum Gasteiger partial charge on any atom is -0.497 e.